The maximum atomic E-state index is 10.0. The summed E-state index contributed by atoms with van der Waals surface area (Å²) in [4.78, 5) is 2.53. The summed E-state index contributed by atoms with van der Waals surface area (Å²) in [6.07, 6.45) is 0. The Morgan fingerprint density at radius 2 is 1.74 bits per heavy atom. The van der Waals surface area contributed by atoms with Crippen LogP contribution in [-0.4, -0.2) is 42.8 Å². The van der Waals surface area contributed by atoms with Crippen LogP contribution in [0.5, 0.6) is 0 Å². The fourth-order valence-electron chi connectivity index (χ4n) is 3.85. The molecule has 3 heteroatoms. The quantitative estimate of drug-likeness (QED) is 0.910. The summed E-state index contributed by atoms with van der Waals surface area (Å²) in [5.41, 5.74) is 2.47. The van der Waals surface area contributed by atoms with Crippen molar-refractivity contribution in [3.05, 3.63) is 47.5 Å². The smallest absolute Gasteiger partial charge is 0.0500 e. The molecule has 1 heterocycles. The lowest BCUT2D eigenvalue weighted by Crippen LogP contribution is -2.49. The Bertz CT molecular complexity index is 674. The Labute approximate surface area is 139 Å². The molecule has 1 saturated heterocycles. The minimum absolute atomic E-state index is 0.184. The molecule has 1 aliphatic rings. The number of piperazine rings is 1. The molecule has 1 atom stereocenters. The number of benzene rings is 2. The minimum atomic E-state index is -0.185. The van der Waals surface area contributed by atoms with E-state index >= 15 is 0 Å². The second kappa shape index (κ2) is 6.60. The minimum Gasteiger partial charge on any atom is -0.396 e. The molecule has 124 valence electrons. The first-order valence-corrected chi connectivity index (χ1v) is 8.58. The van der Waals surface area contributed by atoms with E-state index in [-0.39, 0.29) is 18.1 Å². The highest BCUT2D eigenvalue weighted by atomic mass is 16.3. The summed E-state index contributed by atoms with van der Waals surface area (Å²) in [6, 6.07) is 13.4. The van der Waals surface area contributed by atoms with E-state index in [0.717, 1.165) is 26.2 Å². The van der Waals surface area contributed by atoms with E-state index in [0.29, 0.717) is 0 Å². The van der Waals surface area contributed by atoms with Crippen LogP contribution < -0.4 is 5.32 Å². The molecule has 1 fully saturated rings. The number of rotatable bonds is 4. The van der Waals surface area contributed by atoms with Crippen molar-refractivity contribution >= 4 is 10.8 Å². The molecule has 0 saturated carbocycles. The van der Waals surface area contributed by atoms with E-state index in [1.54, 1.807) is 0 Å². The monoisotopic (exact) mass is 312 g/mol. The number of hydrogen-bond acceptors (Lipinski definition) is 3. The predicted molar refractivity (Wildman–Crippen MR) is 96.7 cm³/mol. The van der Waals surface area contributed by atoms with Gasteiger partial charge in [-0.1, -0.05) is 50.2 Å². The zero-order chi connectivity index (χ0) is 16.4. The molecule has 23 heavy (non-hydrogen) atoms. The Kier molecular flexibility index (Phi) is 4.72. The van der Waals surface area contributed by atoms with Gasteiger partial charge in [-0.3, -0.25) is 4.90 Å². The van der Waals surface area contributed by atoms with Gasteiger partial charge < -0.3 is 10.4 Å². The number of nitrogens with one attached hydrogen (secondary N) is 1. The van der Waals surface area contributed by atoms with E-state index in [2.05, 4.69) is 67.4 Å². The van der Waals surface area contributed by atoms with Gasteiger partial charge in [0, 0.05) is 44.2 Å². The Morgan fingerprint density at radius 3 is 2.39 bits per heavy atom. The summed E-state index contributed by atoms with van der Waals surface area (Å²) < 4.78 is 0. The van der Waals surface area contributed by atoms with Crippen LogP contribution in [0.2, 0.25) is 0 Å². The maximum absolute atomic E-state index is 10.0. The van der Waals surface area contributed by atoms with Crippen LogP contribution in [0.3, 0.4) is 0 Å². The van der Waals surface area contributed by atoms with Crippen LogP contribution >= 0.6 is 0 Å². The molecule has 0 spiro atoms. The Morgan fingerprint density at radius 1 is 1.09 bits per heavy atom. The highest BCUT2D eigenvalue weighted by Crippen LogP contribution is 2.41. The van der Waals surface area contributed by atoms with E-state index in [1.807, 2.05) is 0 Å². The van der Waals surface area contributed by atoms with E-state index in [4.69, 9.17) is 0 Å². The molecule has 0 bridgehead atoms. The highest BCUT2D eigenvalue weighted by Gasteiger charge is 2.36. The Balaban J connectivity index is 2.15. The molecular weight excluding hydrogens is 284 g/mol. The van der Waals surface area contributed by atoms with Gasteiger partial charge in [0.1, 0.15) is 0 Å². The van der Waals surface area contributed by atoms with Crippen molar-refractivity contribution in [2.75, 3.05) is 32.8 Å². The predicted octanol–water partition coefficient (Wildman–Crippen LogP) is 3.11. The van der Waals surface area contributed by atoms with Gasteiger partial charge in [0.15, 0.2) is 0 Å². The molecule has 1 aliphatic heterocycles. The molecule has 0 aliphatic carbocycles. The molecular formula is C20H28N2O. The fourth-order valence-corrected chi connectivity index (χ4v) is 3.85. The maximum Gasteiger partial charge on any atom is 0.0500 e. The van der Waals surface area contributed by atoms with Gasteiger partial charge in [-0.15, -0.1) is 0 Å². The summed E-state index contributed by atoms with van der Waals surface area (Å²) >= 11 is 0. The van der Waals surface area contributed by atoms with Crippen molar-refractivity contribution in [2.24, 2.45) is 5.41 Å². The molecule has 2 N–H and O–H groups in total. The zero-order valence-corrected chi connectivity index (χ0v) is 14.5. The van der Waals surface area contributed by atoms with Crippen molar-refractivity contribution < 1.29 is 5.11 Å². The van der Waals surface area contributed by atoms with Gasteiger partial charge in [-0.2, -0.15) is 0 Å². The average Bonchev–Trinajstić information content (AvgIpc) is 2.58. The van der Waals surface area contributed by atoms with Gasteiger partial charge in [0.05, 0.1) is 0 Å². The van der Waals surface area contributed by atoms with Crippen LogP contribution in [0.25, 0.3) is 10.8 Å². The molecule has 2 aromatic carbocycles. The summed E-state index contributed by atoms with van der Waals surface area (Å²) in [6.45, 7) is 10.8. The van der Waals surface area contributed by atoms with Crippen LogP contribution in [0.15, 0.2) is 36.4 Å². The number of fused-ring (bicyclic) bond motifs is 1. The first-order chi connectivity index (χ1) is 11.0. The number of nitrogens with zero attached hydrogens (tertiary/aromatic N) is 1. The molecule has 0 unspecified atom stereocenters. The number of hydrogen-bond donors (Lipinski definition) is 2. The van der Waals surface area contributed by atoms with Crippen molar-refractivity contribution in [3.63, 3.8) is 0 Å². The average molecular weight is 312 g/mol. The van der Waals surface area contributed by atoms with Gasteiger partial charge >= 0.3 is 0 Å². The molecule has 0 radical (unpaired) electrons. The number of aliphatic hydroxyl groups is 1. The van der Waals surface area contributed by atoms with Crippen LogP contribution in [0.1, 0.15) is 31.0 Å². The van der Waals surface area contributed by atoms with Crippen LogP contribution in [0, 0.1) is 12.3 Å². The number of aliphatic hydroxyl groups excluding tert-OH is 1. The largest absolute Gasteiger partial charge is 0.396 e. The van der Waals surface area contributed by atoms with Crippen molar-refractivity contribution in [3.8, 4) is 0 Å². The molecule has 3 rings (SSSR count). The third-order valence-corrected chi connectivity index (χ3v) is 5.13. The topological polar surface area (TPSA) is 35.5 Å². The van der Waals surface area contributed by atoms with Gasteiger partial charge in [0.25, 0.3) is 0 Å². The second-order valence-corrected chi connectivity index (χ2v) is 7.35. The Hall–Kier alpha value is -1.42. The van der Waals surface area contributed by atoms with E-state index in [9.17, 15) is 5.11 Å². The molecule has 0 amide bonds. The van der Waals surface area contributed by atoms with Gasteiger partial charge in [0.2, 0.25) is 0 Å². The van der Waals surface area contributed by atoms with Crippen molar-refractivity contribution in [1.82, 2.24) is 10.2 Å². The lowest BCUT2D eigenvalue weighted by atomic mass is 9.78. The van der Waals surface area contributed by atoms with Gasteiger partial charge in [-0.25, -0.2) is 0 Å². The third-order valence-electron chi connectivity index (χ3n) is 5.13. The van der Waals surface area contributed by atoms with Crippen molar-refractivity contribution in [2.45, 2.75) is 26.8 Å². The molecule has 2 aromatic rings. The first-order valence-electron chi connectivity index (χ1n) is 8.58. The fraction of sp³-hybridized carbons (Fsp3) is 0.500. The highest BCUT2D eigenvalue weighted by molar-refractivity contribution is 5.89. The third kappa shape index (κ3) is 3.14. The molecule has 3 nitrogen and oxygen atoms in total. The van der Waals surface area contributed by atoms with E-state index < -0.39 is 0 Å². The second-order valence-electron chi connectivity index (χ2n) is 7.35. The van der Waals surface area contributed by atoms with E-state index in [1.165, 1.54) is 21.9 Å². The summed E-state index contributed by atoms with van der Waals surface area (Å²) in [5.74, 6) is 0. The standard InChI is InChI=1S/C20H28N2O/c1-15-8-9-18(17-7-5-4-6-16(15)17)19(20(2,3)14-23)22-12-10-21-11-13-22/h4-9,19,21,23H,10-14H2,1-3H3/t19-/m0/s1. The lowest BCUT2D eigenvalue weighted by Gasteiger charge is -2.44. The SMILES string of the molecule is Cc1ccc([C@H](N2CCNCC2)C(C)(C)CO)c2ccccc12. The van der Waals surface area contributed by atoms with Crippen LogP contribution in [-0.2, 0) is 0 Å². The zero-order valence-electron chi connectivity index (χ0n) is 14.5. The lowest BCUT2D eigenvalue weighted by molar-refractivity contribution is 0.0313. The summed E-state index contributed by atoms with van der Waals surface area (Å²) in [7, 11) is 0. The number of aryl methyl sites for hydroxylation is 1. The van der Waals surface area contributed by atoms with Crippen molar-refractivity contribution in [1.29, 1.82) is 0 Å². The van der Waals surface area contributed by atoms with Gasteiger partial charge in [-0.05, 0) is 28.8 Å². The summed E-state index contributed by atoms with van der Waals surface area (Å²) in [5, 5.41) is 16.1. The first kappa shape index (κ1) is 16.4. The van der Waals surface area contributed by atoms with Crippen LogP contribution in [0.4, 0.5) is 0 Å². The molecule has 0 aromatic heterocycles. The normalized spacial score (nSPS) is 18.3.